The van der Waals surface area contributed by atoms with E-state index in [4.69, 9.17) is 0 Å². The van der Waals surface area contributed by atoms with Crippen LogP contribution >= 0.6 is 0 Å². The molecular formula is C21H25NO3. The van der Waals surface area contributed by atoms with Crippen molar-refractivity contribution in [3.8, 4) is 11.5 Å². The molecule has 0 spiro atoms. The van der Waals surface area contributed by atoms with Crippen molar-refractivity contribution >= 4 is 21.7 Å². The zero-order chi connectivity index (χ0) is 18.0. The zero-order valence-corrected chi connectivity index (χ0v) is 14.8. The summed E-state index contributed by atoms with van der Waals surface area (Å²) in [5, 5.41) is 22.1. The van der Waals surface area contributed by atoms with Gasteiger partial charge in [-0.15, -0.1) is 0 Å². The van der Waals surface area contributed by atoms with Gasteiger partial charge in [0.25, 0.3) is 5.56 Å². The topological polar surface area (TPSA) is 62.5 Å². The molecule has 1 unspecified atom stereocenters. The Morgan fingerprint density at radius 1 is 1.00 bits per heavy atom. The molecule has 0 aliphatic heterocycles. The lowest BCUT2D eigenvalue weighted by Crippen LogP contribution is -2.24. The van der Waals surface area contributed by atoms with E-state index in [9.17, 15) is 15.0 Å². The Morgan fingerprint density at radius 2 is 1.68 bits per heavy atom. The van der Waals surface area contributed by atoms with Crippen molar-refractivity contribution in [2.75, 3.05) is 0 Å². The number of rotatable bonds is 6. The summed E-state index contributed by atoms with van der Waals surface area (Å²) in [4.78, 5) is 13.1. The molecule has 0 fully saturated rings. The summed E-state index contributed by atoms with van der Waals surface area (Å²) in [5.41, 5.74) is 0.563. The van der Waals surface area contributed by atoms with E-state index in [0.717, 1.165) is 25.7 Å². The van der Waals surface area contributed by atoms with Gasteiger partial charge in [0, 0.05) is 11.9 Å². The minimum absolute atomic E-state index is 0.0197. The minimum atomic E-state index is -0.112. The quantitative estimate of drug-likeness (QED) is 0.635. The number of hydrogen-bond donors (Lipinski definition) is 2. The molecule has 2 N–H and O–H groups in total. The van der Waals surface area contributed by atoms with Gasteiger partial charge in [0.15, 0.2) is 0 Å². The summed E-state index contributed by atoms with van der Waals surface area (Å²) in [6.07, 6.45) is 4.37. The fourth-order valence-corrected chi connectivity index (χ4v) is 3.60. The molecule has 0 radical (unpaired) electrons. The summed E-state index contributed by atoms with van der Waals surface area (Å²) < 4.78 is 1.76. The van der Waals surface area contributed by atoms with E-state index in [1.54, 1.807) is 34.9 Å². The summed E-state index contributed by atoms with van der Waals surface area (Å²) in [7, 11) is 0. The van der Waals surface area contributed by atoms with Crippen molar-refractivity contribution < 1.29 is 10.2 Å². The minimum Gasteiger partial charge on any atom is -0.507 e. The monoisotopic (exact) mass is 339 g/mol. The Hall–Kier alpha value is -2.49. The Bertz CT molecular complexity index is 959. The van der Waals surface area contributed by atoms with Crippen molar-refractivity contribution in [2.45, 2.75) is 46.1 Å². The van der Waals surface area contributed by atoms with Crippen molar-refractivity contribution in [1.82, 2.24) is 4.57 Å². The predicted octanol–water partition coefficient (Wildman–Crippen LogP) is 4.78. The molecule has 0 amide bonds. The number of fused-ring (bicyclic) bond motifs is 3. The smallest absolute Gasteiger partial charge is 0.259 e. The zero-order valence-electron chi connectivity index (χ0n) is 14.8. The van der Waals surface area contributed by atoms with Crippen LogP contribution in [-0.2, 0) is 6.54 Å². The van der Waals surface area contributed by atoms with E-state index < -0.39 is 0 Å². The molecule has 132 valence electrons. The first kappa shape index (κ1) is 17.3. The van der Waals surface area contributed by atoms with Gasteiger partial charge in [0.1, 0.15) is 11.5 Å². The summed E-state index contributed by atoms with van der Waals surface area (Å²) in [6.45, 7) is 4.95. The first-order valence-corrected chi connectivity index (χ1v) is 9.04. The molecule has 1 atom stereocenters. The third-order valence-electron chi connectivity index (χ3n) is 5.06. The van der Waals surface area contributed by atoms with Gasteiger partial charge in [-0.3, -0.25) is 4.79 Å². The second kappa shape index (κ2) is 7.18. The molecule has 0 aliphatic carbocycles. The molecule has 0 bridgehead atoms. The van der Waals surface area contributed by atoms with E-state index in [-0.39, 0.29) is 17.1 Å². The third kappa shape index (κ3) is 3.09. The van der Waals surface area contributed by atoms with Crippen LogP contribution in [0, 0.1) is 5.92 Å². The van der Waals surface area contributed by atoms with Crippen LogP contribution in [0.2, 0.25) is 0 Å². The third-order valence-corrected chi connectivity index (χ3v) is 5.06. The lowest BCUT2D eigenvalue weighted by atomic mass is 9.98. The molecule has 2 aromatic carbocycles. The van der Waals surface area contributed by atoms with Crippen molar-refractivity contribution in [3.63, 3.8) is 0 Å². The Kier molecular flexibility index (Phi) is 4.98. The van der Waals surface area contributed by atoms with Gasteiger partial charge in [-0.2, -0.15) is 0 Å². The van der Waals surface area contributed by atoms with Crippen molar-refractivity contribution in [1.29, 1.82) is 0 Å². The van der Waals surface area contributed by atoms with E-state index in [1.165, 1.54) is 0 Å². The number of phenolic OH excluding ortho intramolecular Hbond substituents is 2. The molecule has 3 aromatic rings. The molecule has 0 aliphatic rings. The Labute approximate surface area is 147 Å². The molecule has 0 saturated heterocycles. The number of phenols is 2. The number of benzene rings is 2. The standard InChI is InChI=1S/C21H25NO3/c1-3-5-8-14(4-2)13-22-16-10-7-12-18(24)20(16)19-15(21(22)25)9-6-11-17(19)23/h6-7,9-12,14,23-24H,3-5,8,13H2,1-2H3. The molecule has 1 aromatic heterocycles. The van der Waals surface area contributed by atoms with Gasteiger partial charge in [-0.1, -0.05) is 45.2 Å². The highest BCUT2D eigenvalue weighted by Crippen LogP contribution is 2.35. The largest absolute Gasteiger partial charge is 0.507 e. The first-order chi connectivity index (χ1) is 12.1. The number of pyridine rings is 1. The van der Waals surface area contributed by atoms with Crippen LogP contribution in [-0.4, -0.2) is 14.8 Å². The lowest BCUT2D eigenvalue weighted by molar-refractivity contribution is 0.392. The second-order valence-electron chi connectivity index (χ2n) is 6.70. The number of aromatic nitrogens is 1. The van der Waals surface area contributed by atoms with Crippen LogP contribution in [0.15, 0.2) is 41.2 Å². The van der Waals surface area contributed by atoms with E-state index in [2.05, 4.69) is 13.8 Å². The van der Waals surface area contributed by atoms with Gasteiger partial charge in [0.2, 0.25) is 0 Å². The fraction of sp³-hybridized carbons (Fsp3) is 0.381. The van der Waals surface area contributed by atoms with Crippen LogP contribution in [0.5, 0.6) is 11.5 Å². The number of hydrogen-bond acceptors (Lipinski definition) is 3. The van der Waals surface area contributed by atoms with Crippen LogP contribution in [0.3, 0.4) is 0 Å². The number of aromatic hydroxyl groups is 2. The molecule has 3 rings (SSSR count). The summed E-state index contributed by atoms with van der Waals surface area (Å²) in [5.74, 6) is 0.517. The summed E-state index contributed by atoms with van der Waals surface area (Å²) in [6, 6.07) is 10.1. The van der Waals surface area contributed by atoms with Crippen molar-refractivity contribution in [2.24, 2.45) is 5.92 Å². The van der Waals surface area contributed by atoms with Gasteiger partial charge < -0.3 is 14.8 Å². The molecule has 0 saturated carbocycles. The van der Waals surface area contributed by atoms with Gasteiger partial charge in [-0.05, 0) is 36.6 Å². The van der Waals surface area contributed by atoms with Crippen LogP contribution in [0.4, 0.5) is 0 Å². The molecule has 25 heavy (non-hydrogen) atoms. The van der Waals surface area contributed by atoms with Gasteiger partial charge in [-0.25, -0.2) is 0 Å². The molecule has 4 nitrogen and oxygen atoms in total. The van der Waals surface area contributed by atoms with Crippen LogP contribution in [0.1, 0.15) is 39.5 Å². The van der Waals surface area contributed by atoms with E-state index in [0.29, 0.717) is 34.1 Å². The highest BCUT2D eigenvalue weighted by molar-refractivity contribution is 6.11. The van der Waals surface area contributed by atoms with E-state index >= 15 is 0 Å². The second-order valence-corrected chi connectivity index (χ2v) is 6.70. The van der Waals surface area contributed by atoms with Crippen LogP contribution in [0.25, 0.3) is 21.7 Å². The molecule has 1 heterocycles. The molecular weight excluding hydrogens is 314 g/mol. The average Bonchev–Trinajstić information content (AvgIpc) is 2.61. The predicted molar refractivity (Wildman–Crippen MR) is 102 cm³/mol. The highest BCUT2D eigenvalue weighted by Gasteiger charge is 2.18. The van der Waals surface area contributed by atoms with Crippen molar-refractivity contribution in [3.05, 3.63) is 46.8 Å². The maximum absolute atomic E-state index is 13.1. The number of unbranched alkanes of at least 4 members (excludes halogenated alkanes) is 1. The van der Waals surface area contributed by atoms with E-state index in [1.807, 2.05) is 6.07 Å². The Morgan fingerprint density at radius 3 is 2.36 bits per heavy atom. The maximum Gasteiger partial charge on any atom is 0.259 e. The highest BCUT2D eigenvalue weighted by atomic mass is 16.3. The molecule has 4 heteroatoms. The SMILES string of the molecule is CCCCC(CC)Cn1c(=O)c2cccc(O)c2c2c(O)cccc21. The Balaban J connectivity index is 2.29. The number of nitrogens with zero attached hydrogens (tertiary/aromatic N) is 1. The maximum atomic E-state index is 13.1. The first-order valence-electron chi connectivity index (χ1n) is 9.04. The average molecular weight is 339 g/mol. The lowest BCUT2D eigenvalue weighted by Gasteiger charge is -2.20. The van der Waals surface area contributed by atoms with Gasteiger partial charge in [0.05, 0.1) is 16.3 Å². The fourth-order valence-electron chi connectivity index (χ4n) is 3.60. The summed E-state index contributed by atoms with van der Waals surface area (Å²) >= 11 is 0. The normalized spacial score (nSPS) is 12.7. The van der Waals surface area contributed by atoms with Gasteiger partial charge >= 0.3 is 0 Å². The van der Waals surface area contributed by atoms with Crippen LogP contribution < -0.4 is 5.56 Å².